The number of nitrogens with two attached hydrogens (primary N) is 1. The third-order valence-corrected chi connectivity index (χ3v) is 0.610. The molecule has 9 nitrogen and oxygen atoms in total. The van der Waals surface area contributed by atoms with Gasteiger partial charge in [0.05, 0.1) is 6.61 Å². The summed E-state index contributed by atoms with van der Waals surface area (Å²) in [5.41, 5.74) is 5.13. The van der Waals surface area contributed by atoms with E-state index in [1.54, 1.807) is 0 Å². The third-order valence-electron chi connectivity index (χ3n) is 0.610. The number of hydrogen-bond acceptors (Lipinski definition) is 6. The second-order valence-electron chi connectivity index (χ2n) is 2.82. The van der Waals surface area contributed by atoms with Gasteiger partial charge in [-0.05, 0) is 0 Å². The van der Waals surface area contributed by atoms with E-state index in [-0.39, 0.29) is 23.7 Å². The molecule has 0 bridgehead atoms. The van der Waals surface area contributed by atoms with Crippen LogP contribution < -0.4 is 11.1 Å². The number of aliphatic hydroxyl groups excluding tert-OH is 1. The number of carboxylic acids is 3. The normalized spacial score (nSPS) is 7.05. The van der Waals surface area contributed by atoms with Gasteiger partial charge in [0.15, 0.2) is 0 Å². The van der Waals surface area contributed by atoms with E-state index >= 15 is 0 Å². The first kappa shape index (κ1) is 31.3. The van der Waals surface area contributed by atoms with Gasteiger partial charge < -0.3 is 31.5 Å². The van der Waals surface area contributed by atoms with Crippen molar-refractivity contribution in [3.8, 4) is 0 Å². The fourth-order valence-electron chi connectivity index (χ4n) is 0.306. The molecule has 0 aromatic carbocycles. The molecule has 10 heteroatoms. The van der Waals surface area contributed by atoms with Crippen molar-refractivity contribution in [3.05, 3.63) is 0 Å². The largest absolute Gasteiger partial charge is 0.481 e. The van der Waals surface area contributed by atoms with Crippen LogP contribution >= 0.6 is 0 Å². The molecule has 0 aliphatic heterocycles. The van der Waals surface area contributed by atoms with Gasteiger partial charge >= 0.3 is 0 Å². The Morgan fingerprint density at radius 3 is 1.30 bits per heavy atom. The van der Waals surface area contributed by atoms with Crippen molar-refractivity contribution in [2.24, 2.45) is 5.73 Å². The van der Waals surface area contributed by atoms with Crippen LogP contribution in [0.4, 0.5) is 0 Å². The number of rotatable bonds is 4. The Balaban J connectivity index is -0.0000000512. The summed E-state index contributed by atoms with van der Waals surface area (Å²) < 4.78 is 0. The third kappa shape index (κ3) is 532. The molecular formula is C10H24MnN2O7. The topological polar surface area (TPSA) is 170 Å². The molecule has 0 aromatic rings. The standard InChI is InChI=1S/C4H12N2O.3C2H4O2.Mn/c5-1-2-6-3-4-7;3*1-2(3)4;/h6-7H,1-5H2;3*1H3,(H,3,4);. The summed E-state index contributed by atoms with van der Waals surface area (Å²) in [7, 11) is 0. The maximum Gasteiger partial charge on any atom is 0.300 e. The van der Waals surface area contributed by atoms with Crippen molar-refractivity contribution in [1.82, 2.24) is 5.32 Å². The second kappa shape index (κ2) is 30.7. The summed E-state index contributed by atoms with van der Waals surface area (Å²) in [6.07, 6.45) is 0. The molecule has 0 saturated heterocycles. The molecule has 20 heavy (non-hydrogen) atoms. The van der Waals surface area contributed by atoms with Gasteiger partial charge in [0.25, 0.3) is 17.9 Å². The van der Waals surface area contributed by atoms with Crippen molar-refractivity contribution >= 4 is 17.9 Å². The Kier molecular flexibility index (Phi) is 48.0. The summed E-state index contributed by atoms with van der Waals surface area (Å²) in [5, 5.41) is 33.3. The Bertz CT molecular complexity index is 183. The van der Waals surface area contributed by atoms with E-state index < -0.39 is 17.9 Å². The van der Waals surface area contributed by atoms with Crippen molar-refractivity contribution in [2.45, 2.75) is 20.8 Å². The molecule has 7 N–H and O–H groups in total. The number of aliphatic hydroxyl groups is 1. The van der Waals surface area contributed by atoms with Crippen LogP contribution in [-0.4, -0.2) is 64.6 Å². The van der Waals surface area contributed by atoms with E-state index in [0.717, 1.165) is 27.3 Å². The minimum absolute atomic E-state index is 0. The molecule has 1 radical (unpaired) electrons. The van der Waals surface area contributed by atoms with Gasteiger partial charge in [-0.2, -0.15) is 0 Å². The van der Waals surface area contributed by atoms with Crippen LogP contribution in [0.3, 0.4) is 0 Å². The molecule has 0 saturated carbocycles. The van der Waals surface area contributed by atoms with Crippen LogP contribution in [0.25, 0.3) is 0 Å². The molecule has 0 atom stereocenters. The van der Waals surface area contributed by atoms with Crippen LogP contribution in [0.1, 0.15) is 20.8 Å². The van der Waals surface area contributed by atoms with Gasteiger partial charge in [0.2, 0.25) is 0 Å². The van der Waals surface area contributed by atoms with Crippen LogP contribution in [0, 0.1) is 0 Å². The number of carboxylic acid groups (broad SMARTS) is 3. The van der Waals surface area contributed by atoms with Gasteiger partial charge in [-0.3, -0.25) is 14.4 Å². The Morgan fingerprint density at radius 1 is 0.900 bits per heavy atom. The van der Waals surface area contributed by atoms with E-state index in [0.29, 0.717) is 13.1 Å². The molecule has 0 heterocycles. The SMILES string of the molecule is CC(=O)O.CC(=O)O.CC(=O)O.NCCNCCO.[Mn]. The first-order valence-corrected chi connectivity index (χ1v) is 5.21. The maximum atomic E-state index is 9.00. The van der Waals surface area contributed by atoms with Gasteiger partial charge in [-0.15, -0.1) is 0 Å². The quantitative estimate of drug-likeness (QED) is 0.272. The summed E-state index contributed by atoms with van der Waals surface area (Å²) in [6.45, 7) is 5.53. The van der Waals surface area contributed by atoms with E-state index in [2.05, 4.69) is 5.32 Å². The molecule has 123 valence electrons. The number of carbonyl (C=O) groups is 3. The van der Waals surface area contributed by atoms with E-state index in [9.17, 15) is 0 Å². The van der Waals surface area contributed by atoms with Crippen LogP contribution in [0.5, 0.6) is 0 Å². The molecular weight excluding hydrogens is 315 g/mol. The van der Waals surface area contributed by atoms with Gasteiger partial charge in [0.1, 0.15) is 0 Å². The molecule has 0 aliphatic rings. The van der Waals surface area contributed by atoms with Crippen LogP contribution in [-0.2, 0) is 31.5 Å². The molecule has 0 aliphatic carbocycles. The smallest absolute Gasteiger partial charge is 0.300 e. The monoisotopic (exact) mass is 339 g/mol. The molecule has 0 aromatic heterocycles. The number of aliphatic carboxylic acids is 3. The average molecular weight is 339 g/mol. The Hall–Kier alpha value is -1.19. The van der Waals surface area contributed by atoms with E-state index in [1.165, 1.54) is 0 Å². The van der Waals surface area contributed by atoms with Gasteiger partial charge in [0, 0.05) is 57.5 Å². The predicted molar refractivity (Wildman–Crippen MR) is 68.9 cm³/mol. The first-order valence-electron chi connectivity index (χ1n) is 5.21. The second-order valence-corrected chi connectivity index (χ2v) is 2.82. The fourth-order valence-corrected chi connectivity index (χ4v) is 0.306. The average Bonchev–Trinajstić information content (AvgIpc) is 2.15. The van der Waals surface area contributed by atoms with Gasteiger partial charge in [-0.1, -0.05) is 0 Å². The zero-order valence-electron chi connectivity index (χ0n) is 11.8. The Morgan fingerprint density at radius 2 is 1.15 bits per heavy atom. The maximum absolute atomic E-state index is 9.00. The summed E-state index contributed by atoms with van der Waals surface area (Å²) in [5.74, 6) is -2.50. The predicted octanol–water partition coefficient (Wildman–Crippen LogP) is -1.20. The zero-order chi connectivity index (χ0) is 16.3. The van der Waals surface area contributed by atoms with E-state index in [4.69, 9.17) is 40.5 Å². The summed E-state index contributed by atoms with van der Waals surface area (Å²) in [6, 6.07) is 0. The van der Waals surface area contributed by atoms with Crippen molar-refractivity contribution < 1.29 is 51.9 Å². The van der Waals surface area contributed by atoms with Crippen molar-refractivity contribution in [3.63, 3.8) is 0 Å². The molecule has 0 fully saturated rings. The van der Waals surface area contributed by atoms with Crippen molar-refractivity contribution in [1.29, 1.82) is 0 Å². The first-order chi connectivity index (χ1) is 8.61. The Labute approximate surface area is 128 Å². The minimum Gasteiger partial charge on any atom is -0.481 e. The van der Waals surface area contributed by atoms with Crippen LogP contribution in [0.2, 0.25) is 0 Å². The number of hydrogen-bond donors (Lipinski definition) is 6. The van der Waals surface area contributed by atoms with Crippen LogP contribution in [0.15, 0.2) is 0 Å². The summed E-state index contributed by atoms with van der Waals surface area (Å²) >= 11 is 0. The molecule has 0 unspecified atom stereocenters. The van der Waals surface area contributed by atoms with E-state index in [1.807, 2.05) is 0 Å². The number of nitrogens with one attached hydrogen (secondary N) is 1. The fraction of sp³-hybridized carbons (Fsp3) is 0.700. The van der Waals surface area contributed by atoms with Gasteiger partial charge in [-0.25, -0.2) is 0 Å². The molecule has 0 amide bonds. The minimum atomic E-state index is -0.833. The zero-order valence-corrected chi connectivity index (χ0v) is 13.0. The summed E-state index contributed by atoms with van der Waals surface area (Å²) in [4.78, 5) is 27.0. The molecule has 0 rings (SSSR count). The van der Waals surface area contributed by atoms with Crippen molar-refractivity contribution in [2.75, 3.05) is 26.2 Å². The molecule has 0 spiro atoms.